The molecule has 0 spiro atoms. The van der Waals surface area contributed by atoms with Gasteiger partial charge in [-0.2, -0.15) is 11.3 Å². The molecule has 0 bridgehead atoms. The molecule has 3 aromatic rings. The maximum atomic E-state index is 12.6. The standard InChI is InChI=1S/C20H21N3O2S/c1-14-3-2-4-15(11-14)12-18(24)23-8-5-16(6-9-23)19-21-22-20(25-19)17-7-10-26-13-17/h2-4,7,10-11,13,16H,5-6,8-9,12H2,1H3. The fraction of sp³-hybridized carbons (Fsp3) is 0.350. The van der Waals surface area contributed by atoms with Crippen molar-refractivity contribution in [3.63, 3.8) is 0 Å². The van der Waals surface area contributed by atoms with Crippen molar-refractivity contribution in [1.29, 1.82) is 0 Å². The van der Waals surface area contributed by atoms with Crippen molar-refractivity contribution in [3.8, 4) is 11.5 Å². The molecule has 1 saturated heterocycles. The van der Waals surface area contributed by atoms with Gasteiger partial charge in [0.25, 0.3) is 0 Å². The first-order valence-electron chi connectivity index (χ1n) is 8.88. The SMILES string of the molecule is Cc1cccc(CC(=O)N2CCC(c3nnc(-c4ccsc4)o3)CC2)c1. The van der Waals surface area contributed by atoms with E-state index in [0.29, 0.717) is 18.2 Å². The summed E-state index contributed by atoms with van der Waals surface area (Å²) < 4.78 is 5.85. The maximum Gasteiger partial charge on any atom is 0.248 e. The summed E-state index contributed by atoms with van der Waals surface area (Å²) in [6.45, 7) is 3.53. The highest BCUT2D eigenvalue weighted by Gasteiger charge is 2.27. The van der Waals surface area contributed by atoms with Gasteiger partial charge in [0.05, 0.1) is 6.42 Å². The van der Waals surface area contributed by atoms with Crippen molar-refractivity contribution in [2.24, 2.45) is 0 Å². The highest BCUT2D eigenvalue weighted by Crippen LogP contribution is 2.30. The molecule has 0 N–H and O–H groups in total. The fourth-order valence-corrected chi connectivity index (χ4v) is 4.02. The van der Waals surface area contributed by atoms with Crippen LogP contribution in [-0.2, 0) is 11.2 Å². The lowest BCUT2D eigenvalue weighted by Crippen LogP contribution is -2.38. The number of amides is 1. The van der Waals surface area contributed by atoms with E-state index in [0.717, 1.165) is 37.1 Å². The predicted octanol–water partition coefficient (Wildman–Crippen LogP) is 4.06. The number of hydrogen-bond donors (Lipinski definition) is 0. The summed E-state index contributed by atoms with van der Waals surface area (Å²) in [7, 11) is 0. The number of piperidine rings is 1. The maximum absolute atomic E-state index is 12.6. The Labute approximate surface area is 156 Å². The van der Waals surface area contributed by atoms with Gasteiger partial charge < -0.3 is 9.32 Å². The number of carbonyl (C=O) groups is 1. The minimum absolute atomic E-state index is 0.193. The quantitative estimate of drug-likeness (QED) is 0.698. The second kappa shape index (κ2) is 7.41. The number of benzene rings is 1. The van der Waals surface area contributed by atoms with Crippen molar-refractivity contribution in [2.75, 3.05) is 13.1 Å². The predicted molar refractivity (Wildman–Crippen MR) is 101 cm³/mol. The lowest BCUT2D eigenvalue weighted by Gasteiger charge is -2.30. The molecule has 0 radical (unpaired) electrons. The van der Waals surface area contributed by atoms with Crippen LogP contribution in [0.1, 0.15) is 35.8 Å². The van der Waals surface area contributed by atoms with Gasteiger partial charge in [-0.05, 0) is 36.8 Å². The van der Waals surface area contributed by atoms with E-state index < -0.39 is 0 Å². The van der Waals surface area contributed by atoms with E-state index in [4.69, 9.17) is 4.42 Å². The van der Waals surface area contributed by atoms with Gasteiger partial charge in [-0.25, -0.2) is 0 Å². The molecule has 26 heavy (non-hydrogen) atoms. The monoisotopic (exact) mass is 367 g/mol. The molecule has 6 heteroatoms. The van der Waals surface area contributed by atoms with Gasteiger partial charge in [0.2, 0.25) is 17.7 Å². The summed E-state index contributed by atoms with van der Waals surface area (Å²) in [5, 5.41) is 12.4. The number of rotatable bonds is 4. The summed E-state index contributed by atoms with van der Waals surface area (Å²) in [5.41, 5.74) is 3.24. The van der Waals surface area contributed by atoms with Crippen LogP contribution in [-0.4, -0.2) is 34.1 Å². The number of hydrogen-bond acceptors (Lipinski definition) is 5. The Bertz CT molecular complexity index is 880. The minimum atomic E-state index is 0.193. The first kappa shape index (κ1) is 17.0. The molecule has 5 nitrogen and oxygen atoms in total. The number of carbonyl (C=O) groups excluding carboxylic acids is 1. The first-order chi connectivity index (χ1) is 12.7. The fourth-order valence-electron chi connectivity index (χ4n) is 3.39. The molecule has 134 valence electrons. The van der Waals surface area contributed by atoms with Crippen LogP contribution in [0.15, 0.2) is 45.5 Å². The average Bonchev–Trinajstić information content (AvgIpc) is 3.33. The normalized spacial score (nSPS) is 15.3. The Morgan fingerprint density at radius 3 is 2.85 bits per heavy atom. The molecule has 1 aliphatic rings. The summed E-state index contributed by atoms with van der Waals surface area (Å²) in [4.78, 5) is 14.5. The number of aryl methyl sites for hydroxylation is 1. The van der Waals surface area contributed by atoms with Crippen LogP contribution in [0, 0.1) is 6.92 Å². The van der Waals surface area contributed by atoms with E-state index in [9.17, 15) is 4.79 Å². The molecule has 1 aliphatic heterocycles. The average molecular weight is 367 g/mol. The molecule has 3 heterocycles. The zero-order valence-corrected chi connectivity index (χ0v) is 15.5. The molecule has 0 atom stereocenters. The number of thiophene rings is 1. The molecule has 1 amide bonds. The van der Waals surface area contributed by atoms with E-state index in [1.54, 1.807) is 11.3 Å². The van der Waals surface area contributed by atoms with Crippen molar-refractivity contribution in [2.45, 2.75) is 32.1 Å². The first-order valence-corrected chi connectivity index (χ1v) is 9.82. The molecule has 0 saturated carbocycles. The molecule has 1 fully saturated rings. The third-order valence-electron chi connectivity index (χ3n) is 4.84. The van der Waals surface area contributed by atoms with E-state index >= 15 is 0 Å². The molecule has 4 rings (SSSR count). The van der Waals surface area contributed by atoms with E-state index in [-0.39, 0.29) is 11.8 Å². The molecular formula is C20H21N3O2S. The van der Waals surface area contributed by atoms with Gasteiger partial charge in [0.15, 0.2) is 0 Å². The Balaban J connectivity index is 1.34. The molecular weight excluding hydrogens is 346 g/mol. The van der Waals surface area contributed by atoms with Crippen LogP contribution in [0.5, 0.6) is 0 Å². The van der Waals surface area contributed by atoms with E-state index in [1.165, 1.54) is 5.56 Å². The van der Waals surface area contributed by atoms with Gasteiger partial charge in [-0.15, -0.1) is 10.2 Å². The number of aromatic nitrogens is 2. The van der Waals surface area contributed by atoms with Crippen LogP contribution < -0.4 is 0 Å². The van der Waals surface area contributed by atoms with Crippen LogP contribution in [0.3, 0.4) is 0 Å². The largest absolute Gasteiger partial charge is 0.420 e. The minimum Gasteiger partial charge on any atom is -0.420 e. The van der Waals surface area contributed by atoms with E-state index in [2.05, 4.69) is 16.3 Å². The second-order valence-corrected chi connectivity index (χ2v) is 7.56. The second-order valence-electron chi connectivity index (χ2n) is 6.78. The Kier molecular flexibility index (Phi) is 4.84. The smallest absolute Gasteiger partial charge is 0.248 e. The summed E-state index contributed by atoms with van der Waals surface area (Å²) in [5.74, 6) is 1.70. The van der Waals surface area contributed by atoms with Crippen LogP contribution >= 0.6 is 11.3 Å². The zero-order chi connectivity index (χ0) is 17.9. The van der Waals surface area contributed by atoms with Crippen molar-refractivity contribution >= 4 is 17.2 Å². The van der Waals surface area contributed by atoms with Gasteiger partial charge in [-0.1, -0.05) is 29.8 Å². The topological polar surface area (TPSA) is 59.2 Å². The molecule has 1 aromatic carbocycles. The third kappa shape index (κ3) is 3.70. The van der Waals surface area contributed by atoms with Crippen LogP contribution in [0.2, 0.25) is 0 Å². The number of likely N-dealkylation sites (tertiary alicyclic amines) is 1. The Hall–Kier alpha value is -2.47. The van der Waals surface area contributed by atoms with E-state index in [1.807, 2.05) is 46.8 Å². The highest BCUT2D eigenvalue weighted by atomic mass is 32.1. The Morgan fingerprint density at radius 1 is 1.27 bits per heavy atom. The molecule has 2 aromatic heterocycles. The van der Waals surface area contributed by atoms with Gasteiger partial charge >= 0.3 is 0 Å². The lowest BCUT2D eigenvalue weighted by atomic mass is 9.96. The van der Waals surface area contributed by atoms with Gasteiger partial charge in [0, 0.05) is 30.0 Å². The summed E-state index contributed by atoms with van der Waals surface area (Å²) in [6.07, 6.45) is 2.20. The molecule has 0 aliphatic carbocycles. The van der Waals surface area contributed by atoms with Crippen molar-refractivity contribution in [1.82, 2.24) is 15.1 Å². The zero-order valence-electron chi connectivity index (χ0n) is 14.7. The Morgan fingerprint density at radius 2 is 2.12 bits per heavy atom. The number of nitrogens with zero attached hydrogens (tertiary/aromatic N) is 3. The highest BCUT2D eigenvalue weighted by molar-refractivity contribution is 7.08. The summed E-state index contributed by atoms with van der Waals surface area (Å²) in [6, 6.07) is 10.1. The summed E-state index contributed by atoms with van der Waals surface area (Å²) >= 11 is 1.61. The lowest BCUT2D eigenvalue weighted by molar-refractivity contribution is -0.131. The van der Waals surface area contributed by atoms with Gasteiger partial charge in [0.1, 0.15) is 0 Å². The van der Waals surface area contributed by atoms with Crippen molar-refractivity contribution < 1.29 is 9.21 Å². The van der Waals surface area contributed by atoms with Crippen LogP contribution in [0.4, 0.5) is 0 Å². The third-order valence-corrected chi connectivity index (χ3v) is 5.53. The van der Waals surface area contributed by atoms with Crippen LogP contribution in [0.25, 0.3) is 11.5 Å². The van der Waals surface area contributed by atoms with Gasteiger partial charge in [-0.3, -0.25) is 4.79 Å². The van der Waals surface area contributed by atoms with Crippen molar-refractivity contribution in [3.05, 3.63) is 58.1 Å². The molecule has 0 unspecified atom stereocenters.